The van der Waals surface area contributed by atoms with Crippen molar-refractivity contribution in [2.24, 2.45) is 10.2 Å². The van der Waals surface area contributed by atoms with Crippen molar-refractivity contribution in [3.05, 3.63) is 42.7 Å². The number of pyridine rings is 1. The lowest BCUT2D eigenvalue weighted by Gasteiger charge is -2.03. The average molecular weight is 299 g/mol. The highest BCUT2D eigenvalue weighted by molar-refractivity contribution is 7.21. The fraction of sp³-hybridized carbons (Fsp3) is 0.143. The van der Waals surface area contributed by atoms with Crippen LogP contribution in [0.15, 0.2) is 53.0 Å². The summed E-state index contributed by atoms with van der Waals surface area (Å²) in [5.74, 6) is 0. The molecule has 0 amide bonds. The van der Waals surface area contributed by atoms with E-state index in [2.05, 4.69) is 25.5 Å². The van der Waals surface area contributed by atoms with Gasteiger partial charge in [-0.2, -0.15) is 0 Å². The third-order valence-corrected chi connectivity index (χ3v) is 3.63. The van der Waals surface area contributed by atoms with Crippen molar-refractivity contribution < 1.29 is 5.11 Å². The van der Waals surface area contributed by atoms with Crippen LogP contribution in [0.2, 0.25) is 0 Å². The second kappa shape index (κ2) is 6.38. The van der Waals surface area contributed by atoms with Gasteiger partial charge in [0.1, 0.15) is 0 Å². The molecule has 0 saturated heterocycles. The Balaban J connectivity index is 1.73. The smallest absolute Gasteiger partial charge is 0.231 e. The van der Waals surface area contributed by atoms with Crippen molar-refractivity contribution >= 4 is 38.1 Å². The van der Waals surface area contributed by atoms with E-state index < -0.39 is 0 Å². The molecule has 106 valence electrons. The number of rotatable bonds is 5. The van der Waals surface area contributed by atoms with Crippen molar-refractivity contribution in [3.8, 4) is 0 Å². The molecule has 0 spiro atoms. The van der Waals surface area contributed by atoms with Crippen LogP contribution in [-0.4, -0.2) is 28.2 Å². The molecule has 0 bridgehead atoms. The van der Waals surface area contributed by atoms with Gasteiger partial charge in [0.05, 0.1) is 22.5 Å². The van der Waals surface area contributed by atoms with Crippen molar-refractivity contribution in [2.75, 3.05) is 18.5 Å². The molecule has 0 radical (unpaired) electrons. The normalized spacial score (nSPS) is 11.3. The number of anilines is 1. The average Bonchev–Trinajstić information content (AvgIpc) is 2.95. The van der Waals surface area contributed by atoms with E-state index in [9.17, 15) is 0 Å². The third kappa shape index (κ3) is 3.39. The number of fused-ring (bicyclic) bond motifs is 1. The Morgan fingerprint density at radius 1 is 1.14 bits per heavy atom. The second-order valence-electron chi connectivity index (χ2n) is 4.24. The monoisotopic (exact) mass is 299 g/mol. The molecule has 0 saturated carbocycles. The Morgan fingerprint density at radius 2 is 2.00 bits per heavy atom. The lowest BCUT2D eigenvalue weighted by molar-refractivity contribution is 0.311. The van der Waals surface area contributed by atoms with Crippen LogP contribution >= 0.6 is 11.3 Å². The number of thiazole rings is 1. The molecule has 0 aliphatic heterocycles. The van der Waals surface area contributed by atoms with Gasteiger partial charge in [-0.3, -0.25) is 4.98 Å². The van der Waals surface area contributed by atoms with Crippen molar-refractivity contribution in [2.45, 2.75) is 0 Å². The molecule has 0 fully saturated rings. The van der Waals surface area contributed by atoms with Gasteiger partial charge in [-0.05, 0) is 30.3 Å². The van der Waals surface area contributed by atoms with Crippen molar-refractivity contribution in [1.82, 2.24) is 9.97 Å². The summed E-state index contributed by atoms with van der Waals surface area (Å²) in [6, 6.07) is 9.36. The lowest BCUT2D eigenvalue weighted by atomic mass is 10.3. The van der Waals surface area contributed by atoms with Crippen LogP contribution in [0.25, 0.3) is 10.2 Å². The first-order chi connectivity index (χ1) is 10.3. The topological polar surface area (TPSA) is 82.8 Å². The van der Waals surface area contributed by atoms with Crippen LogP contribution in [0.4, 0.5) is 16.5 Å². The van der Waals surface area contributed by atoms with E-state index in [1.54, 1.807) is 12.4 Å². The predicted molar refractivity (Wildman–Crippen MR) is 83.6 cm³/mol. The van der Waals surface area contributed by atoms with Crippen LogP contribution in [0, 0.1) is 0 Å². The Morgan fingerprint density at radius 3 is 2.76 bits per heavy atom. The molecular weight excluding hydrogens is 286 g/mol. The molecule has 6 nitrogen and oxygen atoms in total. The van der Waals surface area contributed by atoms with E-state index in [0.717, 1.165) is 21.6 Å². The quantitative estimate of drug-likeness (QED) is 0.706. The Bertz CT molecular complexity index is 720. The minimum absolute atomic E-state index is 0.105. The van der Waals surface area contributed by atoms with Crippen LogP contribution in [0.3, 0.4) is 0 Å². The summed E-state index contributed by atoms with van der Waals surface area (Å²) >= 11 is 1.46. The van der Waals surface area contributed by atoms with Crippen molar-refractivity contribution in [1.29, 1.82) is 0 Å². The highest BCUT2D eigenvalue weighted by Crippen LogP contribution is 2.28. The van der Waals surface area contributed by atoms with Crippen LogP contribution in [-0.2, 0) is 0 Å². The summed E-state index contributed by atoms with van der Waals surface area (Å²) in [5, 5.41) is 20.7. The zero-order valence-electron chi connectivity index (χ0n) is 11.1. The molecule has 7 heteroatoms. The van der Waals surface area contributed by atoms with Gasteiger partial charge < -0.3 is 10.4 Å². The van der Waals surface area contributed by atoms with Crippen LogP contribution in [0.5, 0.6) is 0 Å². The standard InChI is InChI=1S/C14H13N5OS/c20-8-7-16-10-1-3-11(4-2-10)18-19-14-17-12-5-6-15-9-13(12)21-14/h1-6,9,16,20H,7-8H2. The Labute approximate surface area is 125 Å². The van der Waals surface area contributed by atoms with E-state index in [1.165, 1.54) is 11.3 Å². The molecule has 2 N–H and O–H groups in total. The SMILES string of the molecule is OCCNc1ccc(N=Nc2nc3ccncc3s2)cc1. The fourth-order valence-electron chi connectivity index (χ4n) is 1.76. The van der Waals surface area contributed by atoms with Crippen LogP contribution in [0.1, 0.15) is 0 Å². The molecule has 3 rings (SSSR count). The van der Waals surface area contributed by atoms with Gasteiger partial charge in [0.2, 0.25) is 5.13 Å². The van der Waals surface area contributed by atoms with Gasteiger partial charge in [-0.1, -0.05) is 11.3 Å². The number of nitrogens with one attached hydrogen (secondary N) is 1. The molecule has 1 aromatic carbocycles. The maximum atomic E-state index is 8.75. The summed E-state index contributed by atoms with van der Waals surface area (Å²) in [4.78, 5) is 8.42. The maximum Gasteiger partial charge on any atom is 0.231 e. The van der Waals surface area contributed by atoms with Crippen LogP contribution < -0.4 is 5.32 Å². The fourth-order valence-corrected chi connectivity index (χ4v) is 2.51. The zero-order valence-corrected chi connectivity index (χ0v) is 11.9. The molecule has 0 atom stereocenters. The van der Waals surface area contributed by atoms with Gasteiger partial charge in [-0.25, -0.2) is 4.98 Å². The lowest BCUT2D eigenvalue weighted by Crippen LogP contribution is -2.04. The number of azo groups is 1. The molecule has 0 aliphatic carbocycles. The summed E-state index contributed by atoms with van der Waals surface area (Å²) in [7, 11) is 0. The number of nitrogens with zero attached hydrogens (tertiary/aromatic N) is 4. The van der Waals surface area contributed by atoms with Gasteiger partial charge >= 0.3 is 0 Å². The van der Waals surface area contributed by atoms with E-state index in [4.69, 9.17) is 5.11 Å². The van der Waals surface area contributed by atoms with Gasteiger partial charge in [0.25, 0.3) is 0 Å². The highest BCUT2D eigenvalue weighted by Gasteiger charge is 2.01. The molecule has 0 unspecified atom stereocenters. The third-order valence-electron chi connectivity index (χ3n) is 2.74. The summed E-state index contributed by atoms with van der Waals surface area (Å²) < 4.78 is 0.995. The van der Waals surface area contributed by atoms with Gasteiger partial charge in [0, 0.05) is 24.6 Å². The first-order valence-electron chi connectivity index (χ1n) is 6.42. The number of aliphatic hydroxyl groups is 1. The number of aromatic nitrogens is 2. The highest BCUT2D eigenvalue weighted by atomic mass is 32.1. The first-order valence-corrected chi connectivity index (χ1v) is 7.24. The molecule has 2 aromatic heterocycles. The van der Waals surface area contributed by atoms with E-state index in [1.807, 2.05) is 30.3 Å². The Kier molecular flexibility index (Phi) is 4.13. The van der Waals surface area contributed by atoms with E-state index >= 15 is 0 Å². The number of hydrogen-bond donors (Lipinski definition) is 2. The predicted octanol–water partition coefficient (Wildman–Crippen LogP) is 3.51. The number of aliphatic hydroxyl groups excluding tert-OH is 1. The minimum Gasteiger partial charge on any atom is -0.395 e. The molecule has 21 heavy (non-hydrogen) atoms. The first kappa shape index (κ1) is 13.6. The van der Waals surface area contributed by atoms with Gasteiger partial charge in [0.15, 0.2) is 0 Å². The summed E-state index contributed by atoms with van der Waals surface area (Å²) in [6.45, 7) is 0.633. The molecular formula is C14H13N5OS. The number of benzene rings is 1. The largest absolute Gasteiger partial charge is 0.395 e. The Hall–Kier alpha value is -2.38. The number of hydrogen-bond acceptors (Lipinski definition) is 7. The molecule has 3 aromatic rings. The zero-order chi connectivity index (χ0) is 14.5. The summed E-state index contributed by atoms with van der Waals surface area (Å²) in [5.41, 5.74) is 2.57. The van der Waals surface area contributed by atoms with Gasteiger partial charge in [-0.15, -0.1) is 10.2 Å². The summed E-state index contributed by atoms with van der Waals surface area (Å²) in [6.07, 6.45) is 3.48. The molecule has 0 aliphatic rings. The molecule has 2 heterocycles. The second-order valence-corrected chi connectivity index (χ2v) is 5.25. The van der Waals surface area contributed by atoms with E-state index in [0.29, 0.717) is 11.7 Å². The van der Waals surface area contributed by atoms with E-state index in [-0.39, 0.29) is 6.61 Å². The van der Waals surface area contributed by atoms with Crippen molar-refractivity contribution in [3.63, 3.8) is 0 Å². The minimum atomic E-state index is 0.105. The maximum absolute atomic E-state index is 8.75.